The van der Waals surface area contributed by atoms with Crippen LogP contribution in [0.2, 0.25) is 0 Å². The van der Waals surface area contributed by atoms with Gasteiger partial charge in [0.1, 0.15) is 0 Å². The average molecular weight is 379 g/mol. The Hall–Kier alpha value is -2.24. The Morgan fingerprint density at radius 1 is 0.821 bits per heavy atom. The van der Waals surface area contributed by atoms with E-state index < -0.39 is 0 Å². The average Bonchev–Trinajstić information content (AvgIpc) is 2.77. The molecule has 1 aromatic heterocycles. The van der Waals surface area contributed by atoms with Crippen LogP contribution in [0.4, 0.5) is 0 Å². The maximum absolute atomic E-state index is 12.5. The van der Waals surface area contributed by atoms with Gasteiger partial charge in [0.05, 0.1) is 12.2 Å². The topological polar surface area (TPSA) is 39.7 Å². The van der Waals surface area contributed by atoms with Gasteiger partial charge in [0.25, 0.3) is 0 Å². The van der Waals surface area contributed by atoms with E-state index in [-0.39, 0.29) is 0 Å². The first-order valence-corrected chi connectivity index (χ1v) is 10.5. The molecular weight excluding hydrogens is 348 g/mol. The number of benzene rings is 1. The van der Waals surface area contributed by atoms with Gasteiger partial charge in [-0.2, -0.15) is 0 Å². The minimum absolute atomic E-state index is 0.318. The van der Waals surface area contributed by atoms with Crippen LogP contribution in [0.25, 0.3) is 11.3 Å². The molecular formula is C23H30N4O. The summed E-state index contributed by atoms with van der Waals surface area (Å²) in [5.41, 5.74) is 3.50. The molecule has 0 atom stereocenters. The quantitative estimate of drug-likeness (QED) is 0.802. The van der Waals surface area contributed by atoms with Crippen LogP contribution in [0.1, 0.15) is 24.8 Å². The summed E-state index contributed by atoms with van der Waals surface area (Å²) in [6.07, 6.45) is 5.43. The minimum atomic E-state index is 0.318. The Bertz CT molecular complexity index is 748. The van der Waals surface area contributed by atoms with Gasteiger partial charge in [0, 0.05) is 57.6 Å². The number of piperazine rings is 1. The van der Waals surface area contributed by atoms with Crippen LogP contribution in [-0.4, -0.2) is 71.4 Å². The molecule has 1 aromatic carbocycles. The van der Waals surface area contributed by atoms with E-state index in [9.17, 15) is 4.79 Å². The van der Waals surface area contributed by atoms with Crippen LogP contribution in [0.3, 0.4) is 0 Å². The van der Waals surface area contributed by atoms with Gasteiger partial charge in [-0.05, 0) is 37.0 Å². The molecule has 2 fully saturated rings. The van der Waals surface area contributed by atoms with Gasteiger partial charge >= 0.3 is 0 Å². The molecule has 0 N–H and O–H groups in total. The summed E-state index contributed by atoms with van der Waals surface area (Å²) in [6, 6.07) is 14.7. The van der Waals surface area contributed by atoms with E-state index in [1.54, 1.807) is 0 Å². The number of carbonyl (C=O) groups excluding carboxylic acids is 1. The van der Waals surface area contributed by atoms with E-state index in [2.05, 4.69) is 43.9 Å². The lowest BCUT2D eigenvalue weighted by Crippen LogP contribution is -2.50. The van der Waals surface area contributed by atoms with Crippen molar-refractivity contribution < 1.29 is 4.79 Å². The first-order valence-electron chi connectivity index (χ1n) is 10.5. The summed E-state index contributed by atoms with van der Waals surface area (Å²) >= 11 is 0. The molecule has 28 heavy (non-hydrogen) atoms. The third kappa shape index (κ3) is 4.97. The smallest absolute Gasteiger partial charge is 0.236 e. The fraction of sp³-hybridized carbons (Fsp3) is 0.478. The molecule has 148 valence electrons. The van der Waals surface area contributed by atoms with Crippen molar-refractivity contribution in [3.8, 4) is 11.3 Å². The number of pyridine rings is 1. The van der Waals surface area contributed by atoms with Crippen LogP contribution < -0.4 is 0 Å². The highest BCUT2D eigenvalue weighted by atomic mass is 16.2. The number of rotatable bonds is 5. The Morgan fingerprint density at radius 3 is 2.21 bits per heavy atom. The molecule has 5 nitrogen and oxygen atoms in total. The molecule has 2 aromatic rings. The molecule has 1 amide bonds. The molecule has 0 bridgehead atoms. The van der Waals surface area contributed by atoms with Gasteiger partial charge in [0.15, 0.2) is 0 Å². The first-order chi connectivity index (χ1) is 13.8. The Balaban J connectivity index is 1.23. The van der Waals surface area contributed by atoms with Crippen molar-refractivity contribution in [2.75, 3.05) is 45.8 Å². The first kappa shape index (κ1) is 19.1. The van der Waals surface area contributed by atoms with Crippen molar-refractivity contribution in [3.05, 3.63) is 54.2 Å². The van der Waals surface area contributed by atoms with E-state index in [0.29, 0.717) is 12.5 Å². The molecule has 0 radical (unpaired) electrons. The molecule has 4 rings (SSSR count). The number of hydrogen-bond acceptors (Lipinski definition) is 4. The Morgan fingerprint density at radius 2 is 1.54 bits per heavy atom. The largest absolute Gasteiger partial charge is 0.342 e. The third-order valence-electron chi connectivity index (χ3n) is 5.85. The fourth-order valence-corrected chi connectivity index (χ4v) is 4.11. The van der Waals surface area contributed by atoms with Crippen molar-refractivity contribution in [2.45, 2.75) is 25.8 Å². The van der Waals surface area contributed by atoms with Crippen LogP contribution in [0.5, 0.6) is 0 Å². The van der Waals surface area contributed by atoms with Crippen LogP contribution >= 0.6 is 0 Å². The number of nitrogens with zero attached hydrogens (tertiary/aromatic N) is 4. The zero-order valence-electron chi connectivity index (χ0n) is 16.6. The predicted molar refractivity (Wildman–Crippen MR) is 112 cm³/mol. The molecule has 0 saturated carbocycles. The molecule has 2 aliphatic heterocycles. The van der Waals surface area contributed by atoms with Gasteiger partial charge in [-0.3, -0.25) is 19.6 Å². The van der Waals surface area contributed by atoms with Crippen molar-refractivity contribution in [3.63, 3.8) is 0 Å². The summed E-state index contributed by atoms with van der Waals surface area (Å²) in [5, 5.41) is 0. The number of piperidine rings is 1. The van der Waals surface area contributed by atoms with Crippen LogP contribution in [-0.2, 0) is 11.3 Å². The number of amides is 1. The monoisotopic (exact) mass is 378 g/mol. The molecule has 5 heteroatoms. The van der Waals surface area contributed by atoms with Crippen molar-refractivity contribution in [1.29, 1.82) is 0 Å². The highest BCUT2D eigenvalue weighted by Crippen LogP contribution is 2.18. The van der Waals surface area contributed by atoms with Crippen molar-refractivity contribution >= 4 is 5.91 Å². The maximum Gasteiger partial charge on any atom is 0.236 e. The van der Waals surface area contributed by atoms with E-state index in [1.807, 2.05) is 24.4 Å². The molecule has 3 heterocycles. The Labute approximate surface area is 168 Å². The summed E-state index contributed by atoms with van der Waals surface area (Å²) < 4.78 is 0. The number of hydrogen-bond donors (Lipinski definition) is 0. The second-order valence-electron chi connectivity index (χ2n) is 7.91. The van der Waals surface area contributed by atoms with Crippen LogP contribution in [0, 0.1) is 0 Å². The lowest BCUT2D eigenvalue weighted by Gasteiger charge is -2.36. The molecule has 0 aliphatic carbocycles. The SMILES string of the molecule is O=C(CN1CCN(Cc2ccc(-c3ccccn3)cc2)CC1)N1CCCCC1. The molecule has 0 spiro atoms. The maximum atomic E-state index is 12.5. The fourth-order valence-electron chi connectivity index (χ4n) is 4.11. The molecule has 0 unspecified atom stereocenters. The van der Waals surface area contributed by atoms with Gasteiger partial charge in [-0.1, -0.05) is 30.3 Å². The third-order valence-corrected chi connectivity index (χ3v) is 5.85. The zero-order chi connectivity index (χ0) is 19.2. The molecule has 2 saturated heterocycles. The van der Waals surface area contributed by atoms with Crippen LogP contribution in [0.15, 0.2) is 48.7 Å². The van der Waals surface area contributed by atoms with E-state index in [4.69, 9.17) is 0 Å². The lowest BCUT2D eigenvalue weighted by molar-refractivity contribution is -0.133. The Kier molecular flexibility index (Phi) is 6.34. The number of aromatic nitrogens is 1. The number of carbonyl (C=O) groups is 1. The summed E-state index contributed by atoms with van der Waals surface area (Å²) in [5.74, 6) is 0.318. The van der Waals surface area contributed by atoms with Gasteiger partial charge in [-0.15, -0.1) is 0 Å². The standard InChI is InChI=1S/C23H30N4O/c28-23(27-12-4-1-5-13-27)19-26-16-14-25(15-17-26)18-20-7-9-21(10-8-20)22-6-2-3-11-24-22/h2-3,6-11H,1,4-5,12-19H2. The van der Waals surface area contributed by atoms with E-state index >= 15 is 0 Å². The lowest BCUT2D eigenvalue weighted by atomic mass is 10.1. The predicted octanol–water partition coefficient (Wildman–Crippen LogP) is 2.88. The second kappa shape index (κ2) is 9.30. The molecule has 2 aliphatic rings. The number of likely N-dealkylation sites (tertiary alicyclic amines) is 1. The van der Waals surface area contributed by atoms with Gasteiger partial charge in [-0.25, -0.2) is 0 Å². The summed E-state index contributed by atoms with van der Waals surface area (Å²) in [7, 11) is 0. The van der Waals surface area contributed by atoms with Crippen molar-refractivity contribution in [2.24, 2.45) is 0 Å². The van der Waals surface area contributed by atoms with E-state index in [0.717, 1.165) is 57.1 Å². The normalized spacial score (nSPS) is 18.9. The van der Waals surface area contributed by atoms with Crippen molar-refractivity contribution in [1.82, 2.24) is 19.7 Å². The highest BCUT2D eigenvalue weighted by Gasteiger charge is 2.22. The minimum Gasteiger partial charge on any atom is -0.342 e. The van der Waals surface area contributed by atoms with E-state index in [1.165, 1.54) is 24.8 Å². The summed E-state index contributed by atoms with van der Waals surface area (Å²) in [6.45, 7) is 7.46. The van der Waals surface area contributed by atoms with Gasteiger partial charge < -0.3 is 4.90 Å². The zero-order valence-corrected chi connectivity index (χ0v) is 16.6. The second-order valence-corrected chi connectivity index (χ2v) is 7.91. The van der Waals surface area contributed by atoms with Gasteiger partial charge in [0.2, 0.25) is 5.91 Å². The highest BCUT2D eigenvalue weighted by molar-refractivity contribution is 5.78. The summed E-state index contributed by atoms with van der Waals surface area (Å²) in [4.78, 5) is 23.7.